The Morgan fingerprint density at radius 1 is 1.22 bits per heavy atom. The van der Waals surface area contributed by atoms with Gasteiger partial charge >= 0.3 is 0 Å². The lowest BCUT2D eigenvalue weighted by Crippen LogP contribution is -2.91. The molecule has 0 radical (unpaired) electrons. The molecule has 2 rings (SSSR count). The predicted molar refractivity (Wildman–Crippen MR) is 94.4 cm³/mol. The molecule has 2 aromatic rings. The van der Waals surface area contributed by atoms with Gasteiger partial charge in [0.2, 0.25) is 0 Å². The third-order valence-electron chi connectivity index (χ3n) is 4.10. The fraction of sp³-hybridized carbons (Fsp3) is 0.278. The number of nitro benzene ring substituents is 1. The van der Waals surface area contributed by atoms with Crippen molar-refractivity contribution in [3.63, 3.8) is 0 Å². The van der Waals surface area contributed by atoms with E-state index in [-0.39, 0.29) is 22.7 Å². The first-order chi connectivity index (χ1) is 12.7. The largest absolute Gasteiger partial charge is 0.494 e. The van der Waals surface area contributed by atoms with Gasteiger partial charge in [0.15, 0.2) is 6.04 Å². The molecule has 0 aliphatic carbocycles. The molecule has 0 bridgehead atoms. The predicted octanol–water partition coefficient (Wildman–Crippen LogP) is 2.53. The Labute approximate surface area is 154 Å². The molecule has 0 unspecified atom stereocenters. The van der Waals surface area contributed by atoms with Gasteiger partial charge in [0, 0.05) is 17.7 Å². The number of nitrogens with one attached hydrogen (secondary N) is 1. The number of anilines is 1. The van der Waals surface area contributed by atoms with Gasteiger partial charge in [-0.3, -0.25) is 14.9 Å². The Bertz CT molecular complexity index is 860. The second-order valence-corrected chi connectivity index (χ2v) is 6.07. The lowest BCUT2D eigenvalue weighted by atomic mass is 10.1. The summed E-state index contributed by atoms with van der Waals surface area (Å²) in [6.45, 7) is 3.33. The van der Waals surface area contributed by atoms with E-state index in [1.54, 1.807) is 19.2 Å². The number of amides is 1. The number of hydrogen-bond acceptors (Lipinski definition) is 4. The van der Waals surface area contributed by atoms with Crippen LogP contribution in [-0.2, 0) is 4.79 Å². The van der Waals surface area contributed by atoms with E-state index in [2.05, 4.69) is 5.32 Å². The van der Waals surface area contributed by atoms with Crippen LogP contribution in [-0.4, -0.2) is 24.0 Å². The van der Waals surface area contributed by atoms with Gasteiger partial charge in [-0.25, -0.2) is 8.78 Å². The number of non-ortho nitro benzene ring substituents is 1. The molecule has 0 heterocycles. The molecule has 1 amide bonds. The van der Waals surface area contributed by atoms with Crippen molar-refractivity contribution in [2.24, 2.45) is 0 Å². The molecule has 7 nitrogen and oxygen atoms in total. The van der Waals surface area contributed by atoms with Crippen molar-refractivity contribution in [3.05, 3.63) is 63.7 Å². The molecule has 0 saturated carbocycles. The Balaban J connectivity index is 2.08. The van der Waals surface area contributed by atoms with Crippen LogP contribution in [0.2, 0.25) is 0 Å². The van der Waals surface area contributed by atoms with Crippen LogP contribution in [0.15, 0.2) is 36.4 Å². The quantitative estimate of drug-likeness (QED) is 0.570. The summed E-state index contributed by atoms with van der Waals surface area (Å²) in [7, 11) is 1.34. The fourth-order valence-electron chi connectivity index (χ4n) is 2.64. The number of methoxy groups -OCH3 is 1. The number of hydrogen-bond donors (Lipinski definition) is 2. The average molecular weight is 380 g/mol. The van der Waals surface area contributed by atoms with Gasteiger partial charge in [0.1, 0.15) is 23.4 Å². The molecular formula is C18H20F2N3O4+. The molecule has 0 spiro atoms. The van der Waals surface area contributed by atoms with Gasteiger partial charge in [0.25, 0.3) is 11.6 Å². The minimum absolute atomic E-state index is 0.155. The molecule has 2 aromatic carbocycles. The average Bonchev–Trinajstić information content (AvgIpc) is 2.61. The Morgan fingerprint density at radius 2 is 1.93 bits per heavy atom. The van der Waals surface area contributed by atoms with E-state index >= 15 is 0 Å². The maximum Gasteiger partial charge on any atom is 0.282 e. The van der Waals surface area contributed by atoms with Crippen molar-refractivity contribution in [1.29, 1.82) is 0 Å². The first-order valence-corrected chi connectivity index (χ1v) is 8.16. The molecule has 0 aliphatic rings. The zero-order valence-corrected chi connectivity index (χ0v) is 15.0. The lowest BCUT2D eigenvalue weighted by molar-refractivity contribution is -0.710. The molecule has 3 N–H and O–H groups in total. The van der Waals surface area contributed by atoms with Crippen molar-refractivity contribution < 1.29 is 28.6 Å². The van der Waals surface area contributed by atoms with Crippen molar-refractivity contribution in [3.8, 4) is 5.75 Å². The third-order valence-corrected chi connectivity index (χ3v) is 4.10. The van der Waals surface area contributed by atoms with E-state index in [0.29, 0.717) is 0 Å². The van der Waals surface area contributed by atoms with Crippen molar-refractivity contribution >= 4 is 17.3 Å². The second kappa shape index (κ2) is 8.54. The normalized spacial score (nSPS) is 12.9. The molecular weight excluding hydrogens is 360 g/mol. The van der Waals surface area contributed by atoms with Gasteiger partial charge in [-0.15, -0.1) is 0 Å². The minimum Gasteiger partial charge on any atom is -0.494 e. The molecule has 0 saturated heterocycles. The van der Waals surface area contributed by atoms with E-state index in [1.807, 2.05) is 0 Å². The van der Waals surface area contributed by atoms with E-state index < -0.39 is 34.5 Å². The van der Waals surface area contributed by atoms with E-state index in [1.165, 1.54) is 31.4 Å². The highest BCUT2D eigenvalue weighted by molar-refractivity contribution is 5.95. The summed E-state index contributed by atoms with van der Waals surface area (Å²) in [5, 5.41) is 15.1. The summed E-state index contributed by atoms with van der Waals surface area (Å²) in [5.74, 6) is -1.58. The summed E-state index contributed by atoms with van der Waals surface area (Å²) >= 11 is 0. The summed E-state index contributed by atoms with van der Waals surface area (Å²) in [6, 6.07) is 6.11. The van der Waals surface area contributed by atoms with Gasteiger partial charge in [-0.1, -0.05) is 0 Å². The first kappa shape index (κ1) is 20.2. The number of benzene rings is 2. The number of carbonyl (C=O) groups excluding carboxylic acids is 1. The van der Waals surface area contributed by atoms with Crippen LogP contribution in [0.1, 0.15) is 25.5 Å². The maximum absolute atomic E-state index is 13.9. The Hall–Kier alpha value is -3.07. The van der Waals surface area contributed by atoms with Crippen molar-refractivity contribution in [2.75, 3.05) is 12.4 Å². The number of quaternary nitrogens is 1. The molecule has 27 heavy (non-hydrogen) atoms. The Kier molecular flexibility index (Phi) is 6.40. The van der Waals surface area contributed by atoms with Gasteiger partial charge in [-0.2, -0.15) is 0 Å². The fourth-order valence-corrected chi connectivity index (χ4v) is 2.64. The van der Waals surface area contributed by atoms with Crippen LogP contribution in [0.5, 0.6) is 5.75 Å². The van der Waals surface area contributed by atoms with E-state index in [0.717, 1.165) is 12.1 Å². The standard InChI is InChI=1S/C18H19F2N3O4/c1-10(14-6-4-12(19)8-15(14)20)21-11(2)18(24)22-16-7-5-13(23(25)26)9-17(16)27-3/h4-11,21H,1-3H3,(H,22,24)/p+1/t10-,11-/m0/s1. The Morgan fingerprint density at radius 3 is 2.52 bits per heavy atom. The van der Waals surface area contributed by atoms with Gasteiger partial charge in [0.05, 0.1) is 23.8 Å². The molecule has 0 aromatic heterocycles. The smallest absolute Gasteiger partial charge is 0.282 e. The number of nitrogens with zero attached hydrogens (tertiary/aromatic N) is 1. The highest BCUT2D eigenvalue weighted by atomic mass is 19.1. The molecule has 9 heteroatoms. The van der Waals surface area contributed by atoms with Crippen LogP contribution in [0.3, 0.4) is 0 Å². The topological polar surface area (TPSA) is 98.1 Å². The zero-order chi connectivity index (χ0) is 20.1. The molecule has 144 valence electrons. The molecule has 0 aliphatic heterocycles. The number of nitrogens with two attached hydrogens (primary N) is 1. The number of nitro groups is 1. The number of carbonyl (C=O) groups is 1. The first-order valence-electron chi connectivity index (χ1n) is 8.16. The summed E-state index contributed by atoms with van der Waals surface area (Å²) in [5.41, 5.74) is 0.405. The second-order valence-electron chi connectivity index (χ2n) is 6.07. The summed E-state index contributed by atoms with van der Waals surface area (Å²) in [4.78, 5) is 22.7. The van der Waals surface area contributed by atoms with Crippen LogP contribution in [0, 0.1) is 21.7 Å². The SMILES string of the molecule is COc1cc([N+](=O)[O-])ccc1NC(=O)[C@H](C)[NH2+][C@@H](C)c1ccc(F)cc1F. The van der Waals surface area contributed by atoms with Crippen LogP contribution < -0.4 is 15.4 Å². The summed E-state index contributed by atoms with van der Waals surface area (Å²) in [6.07, 6.45) is 0. The third kappa shape index (κ3) is 4.98. The summed E-state index contributed by atoms with van der Waals surface area (Å²) < 4.78 is 32.0. The van der Waals surface area contributed by atoms with Crippen molar-refractivity contribution in [1.82, 2.24) is 0 Å². The van der Waals surface area contributed by atoms with E-state index in [4.69, 9.17) is 4.74 Å². The van der Waals surface area contributed by atoms with Crippen molar-refractivity contribution in [2.45, 2.75) is 25.9 Å². The molecule has 2 atom stereocenters. The number of rotatable bonds is 7. The zero-order valence-electron chi connectivity index (χ0n) is 15.0. The minimum atomic E-state index is -0.677. The molecule has 0 fully saturated rings. The van der Waals surface area contributed by atoms with Crippen LogP contribution >= 0.6 is 0 Å². The highest BCUT2D eigenvalue weighted by Crippen LogP contribution is 2.29. The number of ether oxygens (including phenoxy) is 1. The van der Waals surface area contributed by atoms with Gasteiger partial charge in [-0.05, 0) is 32.0 Å². The lowest BCUT2D eigenvalue weighted by Gasteiger charge is -2.18. The maximum atomic E-state index is 13.9. The number of halogens is 2. The van der Waals surface area contributed by atoms with Crippen LogP contribution in [0.25, 0.3) is 0 Å². The van der Waals surface area contributed by atoms with Crippen LogP contribution in [0.4, 0.5) is 20.2 Å². The van der Waals surface area contributed by atoms with Gasteiger partial charge < -0.3 is 15.4 Å². The highest BCUT2D eigenvalue weighted by Gasteiger charge is 2.23. The van der Waals surface area contributed by atoms with E-state index in [9.17, 15) is 23.7 Å². The monoisotopic (exact) mass is 380 g/mol.